The van der Waals surface area contributed by atoms with E-state index in [9.17, 15) is 4.79 Å². The maximum atomic E-state index is 11.5. The van der Waals surface area contributed by atoms with Crippen LogP contribution >= 0.6 is 0 Å². The van der Waals surface area contributed by atoms with Gasteiger partial charge in [-0.25, -0.2) is 0 Å². The molecule has 0 aromatic rings. The first-order valence-electron chi connectivity index (χ1n) is 5.40. The van der Waals surface area contributed by atoms with Crippen LogP contribution in [-0.2, 0) is 9.53 Å². The fourth-order valence-electron chi connectivity index (χ4n) is 1.10. The van der Waals surface area contributed by atoms with Crippen LogP contribution in [0.15, 0.2) is 0 Å². The fourth-order valence-corrected chi connectivity index (χ4v) is 1.10. The molecule has 0 spiro atoms. The predicted octanol–water partition coefficient (Wildman–Crippen LogP) is 1.96. The topological polar surface area (TPSA) is 38.3 Å². The molecule has 0 aliphatic carbocycles. The van der Waals surface area contributed by atoms with Gasteiger partial charge in [0.15, 0.2) is 0 Å². The summed E-state index contributed by atoms with van der Waals surface area (Å²) in [7, 11) is 0. The van der Waals surface area contributed by atoms with Crippen LogP contribution in [0.1, 0.15) is 41.0 Å². The molecule has 0 saturated carbocycles. The first-order valence-corrected chi connectivity index (χ1v) is 5.40. The molecule has 0 saturated heterocycles. The van der Waals surface area contributed by atoms with Gasteiger partial charge in [0, 0.05) is 6.04 Å². The van der Waals surface area contributed by atoms with Gasteiger partial charge in [0.05, 0.1) is 6.61 Å². The van der Waals surface area contributed by atoms with Crippen LogP contribution in [0.2, 0.25) is 0 Å². The molecule has 84 valence electrons. The third kappa shape index (κ3) is 5.97. The molecule has 0 amide bonds. The van der Waals surface area contributed by atoms with E-state index < -0.39 is 0 Å². The van der Waals surface area contributed by atoms with E-state index in [1.54, 1.807) is 0 Å². The van der Waals surface area contributed by atoms with E-state index in [4.69, 9.17) is 4.74 Å². The maximum absolute atomic E-state index is 11.5. The Morgan fingerprint density at radius 2 is 1.86 bits per heavy atom. The third-order valence-corrected chi connectivity index (χ3v) is 1.79. The molecule has 1 N–H and O–H groups in total. The molecule has 0 radical (unpaired) electrons. The number of nitrogens with one attached hydrogen (secondary N) is 1. The van der Waals surface area contributed by atoms with E-state index in [0.29, 0.717) is 18.6 Å². The highest BCUT2D eigenvalue weighted by Crippen LogP contribution is 2.00. The number of carbonyl (C=O) groups excluding carboxylic acids is 1. The van der Waals surface area contributed by atoms with Crippen molar-refractivity contribution >= 4 is 5.97 Å². The average molecular weight is 201 g/mol. The lowest BCUT2D eigenvalue weighted by Gasteiger charge is -2.18. The van der Waals surface area contributed by atoms with E-state index in [1.165, 1.54) is 0 Å². The molecule has 0 rings (SSSR count). The van der Waals surface area contributed by atoms with Gasteiger partial charge in [0.25, 0.3) is 0 Å². The molecule has 0 bridgehead atoms. The predicted molar refractivity (Wildman–Crippen MR) is 58.1 cm³/mol. The van der Waals surface area contributed by atoms with E-state index >= 15 is 0 Å². The summed E-state index contributed by atoms with van der Waals surface area (Å²) in [5.41, 5.74) is 0. The van der Waals surface area contributed by atoms with Gasteiger partial charge in [-0.15, -0.1) is 0 Å². The van der Waals surface area contributed by atoms with E-state index in [1.807, 2.05) is 34.6 Å². The Balaban J connectivity index is 3.92. The molecule has 0 aromatic carbocycles. The highest BCUT2D eigenvalue weighted by molar-refractivity contribution is 5.75. The van der Waals surface area contributed by atoms with Crippen LogP contribution in [0.3, 0.4) is 0 Å². The van der Waals surface area contributed by atoms with Crippen molar-refractivity contribution in [2.75, 3.05) is 6.61 Å². The molecule has 0 fully saturated rings. The lowest BCUT2D eigenvalue weighted by atomic mass is 10.2. The molecule has 0 aromatic heterocycles. The summed E-state index contributed by atoms with van der Waals surface area (Å²) in [5, 5.41) is 3.18. The van der Waals surface area contributed by atoms with E-state index in [-0.39, 0.29) is 12.0 Å². The van der Waals surface area contributed by atoms with Crippen LogP contribution in [0.4, 0.5) is 0 Å². The lowest BCUT2D eigenvalue weighted by Crippen LogP contribution is -2.41. The second-order valence-corrected chi connectivity index (χ2v) is 4.31. The van der Waals surface area contributed by atoms with Gasteiger partial charge in [-0.3, -0.25) is 4.79 Å². The monoisotopic (exact) mass is 201 g/mol. The Morgan fingerprint density at radius 3 is 2.21 bits per heavy atom. The maximum Gasteiger partial charge on any atom is 0.323 e. The van der Waals surface area contributed by atoms with Crippen LogP contribution in [0, 0.1) is 5.92 Å². The van der Waals surface area contributed by atoms with Crippen molar-refractivity contribution in [2.24, 2.45) is 5.92 Å². The fraction of sp³-hybridized carbons (Fsp3) is 0.909. The third-order valence-electron chi connectivity index (χ3n) is 1.79. The van der Waals surface area contributed by atoms with Gasteiger partial charge < -0.3 is 10.1 Å². The number of carbonyl (C=O) groups is 1. The highest BCUT2D eigenvalue weighted by atomic mass is 16.5. The second-order valence-electron chi connectivity index (χ2n) is 4.31. The molecule has 1 unspecified atom stereocenters. The molecular formula is C11H23NO2. The van der Waals surface area contributed by atoms with Crippen LogP contribution in [-0.4, -0.2) is 24.7 Å². The van der Waals surface area contributed by atoms with Crippen molar-refractivity contribution in [3.8, 4) is 0 Å². The second kappa shape index (κ2) is 6.82. The number of hydrogen-bond acceptors (Lipinski definition) is 3. The normalized spacial score (nSPS) is 13.4. The number of rotatable bonds is 6. The summed E-state index contributed by atoms with van der Waals surface area (Å²) in [5.74, 6) is 0.269. The molecule has 3 heteroatoms. The number of esters is 1. The zero-order valence-corrected chi connectivity index (χ0v) is 9.96. The van der Waals surface area contributed by atoms with Crippen LogP contribution in [0.5, 0.6) is 0 Å². The molecule has 14 heavy (non-hydrogen) atoms. The van der Waals surface area contributed by atoms with Crippen molar-refractivity contribution in [1.82, 2.24) is 5.32 Å². The van der Waals surface area contributed by atoms with E-state index in [0.717, 1.165) is 6.42 Å². The summed E-state index contributed by atoms with van der Waals surface area (Å²) in [6.45, 7) is 10.6. The Bertz CT molecular complexity index is 167. The molecule has 1 atom stereocenters. The van der Waals surface area contributed by atoms with Crippen molar-refractivity contribution in [1.29, 1.82) is 0 Å². The number of hydrogen-bond donors (Lipinski definition) is 1. The zero-order chi connectivity index (χ0) is 11.1. The standard InChI is InChI=1S/C11H23NO2/c1-6-10(12-9(4)5)11(13)14-7-8(2)3/h8-10,12H,6-7H2,1-5H3. The minimum Gasteiger partial charge on any atom is -0.464 e. The summed E-state index contributed by atoms with van der Waals surface area (Å²) >= 11 is 0. The Hall–Kier alpha value is -0.570. The minimum absolute atomic E-state index is 0.130. The summed E-state index contributed by atoms with van der Waals surface area (Å²) < 4.78 is 5.16. The van der Waals surface area contributed by atoms with Crippen molar-refractivity contribution < 1.29 is 9.53 Å². The molecular weight excluding hydrogens is 178 g/mol. The summed E-state index contributed by atoms with van der Waals surface area (Å²) in [4.78, 5) is 11.5. The van der Waals surface area contributed by atoms with Gasteiger partial charge in [0.2, 0.25) is 0 Å². The van der Waals surface area contributed by atoms with Crippen LogP contribution in [0.25, 0.3) is 0 Å². The molecule has 0 aliphatic rings. The highest BCUT2D eigenvalue weighted by Gasteiger charge is 2.18. The first-order chi connectivity index (χ1) is 6.47. The molecule has 0 heterocycles. The van der Waals surface area contributed by atoms with Gasteiger partial charge in [0.1, 0.15) is 6.04 Å². The first kappa shape index (κ1) is 13.4. The molecule has 3 nitrogen and oxygen atoms in total. The Morgan fingerprint density at radius 1 is 1.29 bits per heavy atom. The van der Waals surface area contributed by atoms with Crippen LogP contribution < -0.4 is 5.32 Å². The minimum atomic E-state index is -0.159. The van der Waals surface area contributed by atoms with Gasteiger partial charge >= 0.3 is 5.97 Å². The Kier molecular flexibility index (Phi) is 6.54. The SMILES string of the molecule is CCC(NC(C)C)C(=O)OCC(C)C. The summed E-state index contributed by atoms with van der Waals surface area (Å²) in [6, 6.07) is 0.153. The smallest absolute Gasteiger partial charge is 0.323 e. The summed E-state index contributed by atoms with van der Waals surface area (Å²) in [6.07, 6.45) is 0.773. The van der Waals surface area contributed by atoms with Gasteiger partial charge in [-0.1, -0.05) is 34.6 Å². The van der Waals surface area contributed by atoms with Gasteiger partial charge in [-0.05, 0) is 12.3 Å². The van der Waals surface area contributed by atoms with E-state index in [2.05, 4.69) is 5.32 Å². The van der Waals surface area contributed by atoms with Gasteiger partial charge in [-0.2, -0.15) is 0 Å². The lowest BCUT2D eigenvalue weighted by molar-refractivity contribution is -0.147. The van der Waals surface area contributed by atoms with Crippen molar-refractivity contribution in [2.45, 2.75) is 53.1 Å². The zero-order valence-electron chi connectivity index (χ0n) is 9.96. The molecule has 0 aliphatic heterocycles. The van der Waals surface area contributed by atoms with Crippen molar-refractivity contribution in [3.05, 3.63) is 0 Å². The average Bonchev–Trinajstić information content (AvgIpc) is 2.09. The largest absolute Gasteiger partial charge is 0.464 e. The Labute approximate surface area is 87.2 Å². The number of ether oxygens (including phenoxy) is 1. The van der Waals surface area contributed by atoms with Crippen molar-refractivity contribution in [3.63, 3.8) is 0 Å². The quantitative estimate of drug-likeness (QED) is 0.668.